The van der Waals surface area contributed by atoms with Gasteiger partial charge in [-0.25, -0.2) is 4.79 Å². The monoisotopic (exact) mass is 416 g/mol. The fourth-order valence-electron chi connectivity index (χ4n) is 4.58. The van der Waals surface area contributed by atoms with Crippen LogP contribution < -0.4 is 10.6 Å². The highest BCUT2D eigenvalue weighted by Crippen LogP contribution is 2.24. The molecule has 3 rings (SSSR count). The lowest BCUT2D eigenvalue weighted by molar-refractivity contribution is -0.907. The first-order valence-electron chi connectivity index (χ1n) is 11.0. The van der Waals surface area contributed by atoms with E-state index in [1.54, 1.807) is 0 Å². The molecule has 1 aromatic carbocycles. The lowest BCUT2D eigenvalue weighted by Crippen LogP contribution is -2.59. The van der Waals surface area contributed by atoms with E-state index in [1.165, 1.54) is 5.69 Å². The molecule has 2 saturated heterocycles. The Morgan fingerprint density at radius 3 is 2.20 bits per heavy atom. The van der Waals surface area contributed by atoms with Crippen molar-refractivity contribution in [3.63, 3.8) is 0 Å². The summed E-state index contributed by atoms with van der Waals surface area (Å²) in [5, 5.41) is 7.52. The second-order valence-corrected chi connectivity index (χ2v) is 10.0. The number of amidine groups is 1. The van der Waals surface area contributed by atoms with Crippen LogP contribution in [0.4, 0.5) is 5.69 Å². The molecular formula is C23H38N5O2+. The van der Waals surface area contributed by atoms with Crippen molar-refractivity contribution < 1.29 is 14.0 Å². The molecule has 2 aliphatic rings. The average Bonchev–Trinajstić information content (AvgIpc) is 2.67. The number of piperazine rings is 1. The van der Waals surface area contributed by atoms with Crippen molar-refractivity contribution in [2.24, 2.45) is 5.73 Å². The third-order valence-electron chi connectivity index (χ3n) is 6.31. The van der Waals surface area contributed by atoms with E-state index in [9.17, 15) is 4.79 Å². The van der Waals surface area contributed by atoms with Crippen molar-refractivity contribution >= 4 is 17.5 Å². The molecule has 0 spiro atoms. The smallest absolute Gasteiger partial charge is 0.362 e. The molecule has 30 heavy (non-hydrogen) atoms. The normalized spacial score (nSPS) is 25.7. The third kappa shape index (κ3) is 5.95. The van der Waals surface area contributed by atoms with Gasteiger partial charge in [0.1, 0.15) is 11.4 Å². The van der Waals surface area contributed by atoms with E-state index in [0.29, 0.717) is 12.6 Å². The van der Waals surface area contributed by atoms with E-state index in [4.69, 9.17) is 15.9 Å². The molecule has 0 unspecified atom stereocenters. The highest BCUT2D eigenvalue weighted by atomic mass is 16.6. The van der Waals surface area contributed by atoms with Crippen LogP contribution in [-0.2, 0) is 9.53 Å². The van der Waals surface area contributed by atoms with Gasteiger partial charge in [0.15, 0.2) is 6.54 Å². The summed E-state index contributed by atoms with van der Waals surface area (Å²) in [6.07, 6.45) is 2.26. The Kier molecular flexibility index (Phi) is 6.72. The van der Waals surface area contributed by atoms with E-state index in [1.807, 2.05) is 32.9 Å². The summed E-state index contributed by atoms with van der Waals surface area (Å²) in [5.74, 6) is 0.0218. The van der Waals surface area contributed by atoms with Crippen molar-refractivity contribution in [2.45, 2.75) is 45.3 Å². The minimum Gasteiger partial charge on any atom is -0.456 e. The number of ether oxygens (including phenoxy) is 1. The number of likely N-dealkylation sites (N-methyl/N-ethyl adjacent to an activating group) is 1. The van der Waals surface area contributed by atoms with Crippen molar-refractivity contribution in [3.05, 3.63) is 29.8 Å². The van der Waals surface area contributed by atoms with E-state index < -0.39 is 5.60 Å². The molecule has 2 heterocycles. The van der Waals surface area contributed by atoms with Crippen LogP contribution in [0.5, 0.6) is 0 Å². The number of esters is 1. The molecular weight excluding hydrogens is 378 g/mol. The van der Waals surface area contributed by atoms with Crippen LogP contribution in [0.15, 0.2) is 24.3 Å². The van der Waals surface area contributed by atoms with Crippen LogP contribution in [0.2, 0.25) is 0 Å². The zero-order valence-electron chi connectivity index (χ0n) is 19.0. The van der Waals surface area contributed by atoms with Gasteiger partial charge in [-0.1, -0.05) is 0 Å². The summed E-state index contributed by atoms with van der Waals surface area (Å²) in [7, 11) is 2.18. The Bertz CT molecular complexity index is 740. The van der Waals surface area contributed by atoms with Crippen LogP contribution in [0.1, 0.15) is 39.2 Å². The molecule has 0 atom stereocenters. The maximum atomic E-state index is 12.3. The zero-order chi connectivity index (χ0) is 21.9. The van der Waals surface area contributed by atoms with Crippen LogP contribution in [-0.4, -0.2) is 85.7 Å². The first-order chi connectivity index (χ1) is 14.0. The predicted octanol–water partition coefficient (Wildman–Crippen LogP) is 2.04. The second-order valence-electron chi connectivity index (χ2n) is 10.0. The van der Waals surface area contributed by atoms with Gasteiger partial charge in [0.2, 0.25) is 0 Å². The molecule has 7 heteroatoms. The Labute approximate surface area is 180 Å². The summed E-state index contributed by atoms with van der Waals surface area (Å²) in [6.45, 7) is 12.4. The Morgan fingerprint density at radius 2 is 1.70 bits per heavy atom. The van der Waals surface area contributed by atoms with E-state index >= 15 is 0 Å². The number of nitrogens with one attached hydrogen (secondary N) is 1. The summed E-state index contributed by atoms with van der Waals surface area (Å²) >= 11 is 0. The highest BCUT2D eigenvalue weighted by molar-refractivity contribution is 5.95. The number of piperidine rings is 1. The van der Waals surface area contributed by atoms with Gasteiger partial charge in [0.25, 0.3) is 0 Å². The summed E-state index contributed by atoms with van der Waals surface area (Å²) in [6, 6.07) is 8.58. The maximum Gasteiger partial charge on any atom is 0.362 e. The molecule has 0 aromatic heterocycles. The SMILES string of the molecule is CC(C)(C)OC(=O)C[N+]1(C)CCC(N2CCN(c3ccc(C(=N)N)cc3)CC2)CC1. The fourth-order valence-corrected chi connectivity index (χ4v) is 4.58. The summed E-state index contributed by atoms with van der Waals surface area (Å²) in [5.41, 5.74) is 7.11. The molecule has 7 nitrogen and oxygen atoms in total. The highest BCUT2D eigenvalue weighted by Gasteiger charge is 2.36. The number of carbonyl (C=O) groups is 1. The maximum absolute atomic E-state index is 12.3. The number of nitrogen functional groups attached to an aromatic ring is 1. The number of carbonyl (C=O) groups excluding carboxylic acids is 1. The first kappa shape index (κ1) is 22.6. The Morgan fingerprint density at radius 1 is 1.13 bits per heavy atom. The van der Waals surface area contributed by atoms with E-state index in [0.717, 1.165) is 62.2 Å². The van der Waals surface area contributed by atoms with Gasteiger partial charge in [0, 0.05) is 56.3 Å². The standard InChI is InChI=1S/C23H38N5O2/c1-23(2,3)30-21(29)17-28(4)15-9-20(10-16-28)27-13-11-26(12-14-27)19-7-5-18(6-8-19)22(24)25/h5-8,20H,9-17H2,1-4H3,(H3,24,25)/q+1. The molecule has 1 aromatic rings. The quantitative estimate of drug-likeness (QED) is 0.332. The van der Waals surface area contributed by atoms with Gasteiger partial charge >= 0.3 is 5.97 Å². The van der Waals surface area contributed by atoms with Crippen molar-refractivity contribution in [3.8, 4) is 0 Å². The number of hydrogen-bond acceptors (Lipinski definition) is 5. The van der Waals surface area contributed by atoms with E-state index in [-0.39, 0.29) is 11.8 Å². The van der Waals surface area contributed by atoms with Crippen LogP contribution in [0, 0.1) is 5.41 Å². The topological polar surface area (TPSA) is 82.7 Å². The van der Waals surface area contributed by atoms with Crippen molar-refractivity contribution in [1.82, 2.24) is 4.90 Å². The average molecular weight is 417 g/mol. The third-order valence-corrected chi connectivity index (χ3v) is 6.31. The zero-order valence-corrected chi connectivity index (χ0v) is 19.0. The number of nitrogens with zero attached hydrogens (tertiary/aromatic N) is 3. The number of benzene rings is 1. The molecule has 0 amide bonds. The number of hydrogen-bond donors (Lipinski definition) is 2. The molecule has 2 aliphatic heterocycles. The predicted molar refractivity (Wildman–Crippen MR) is 121 cm³/mol. The molecule has 0 radical (unpaired) electrons. The van der Waals surface area contributed by atoms with Crippen molar-refractivity contribution in [2.75, 3.05) is 57.8 Å². The summed E-state index contributed by atoms with van der Waals surface area (Å²) in [4.78, 5) is 17.3. The van der Waals surface area contributed by atoms with Gasteiger partial charge < -0.3 is 19.9 Å². The molecule has 3 N–H and O–H groups in total. The van der Waals surface area contributed by atoms with Gasteiger partial charge in [-0.05, 0) is 45.0 Å². The number of anilines is 1. The lowest BCUT2D eigenvalue weighted by Gasteiger charge is -2.46. The summed E-state index contributed by atoms with van der Waals surface area (Å²) < 4.78 is 6.32. The lowest BCUT2D eigenvalue weighted by atomic mass is 10.00. The molecule has 166 valence electrons. The van der Waals surface area contributed by atoms with Crippen LogP contribution >= 0.6 is 0 Å². The minimum atomic E-state index is -0.416. The molecule has 0 aliphatic carbocycles. The second kappa shape index (κ2) is 8.94. The Hall–Kier alpha value is -2.12. The number of likely N-dealkylation sites (tertiary alicyclic amines) is 1. The van der Waals surface area contributed by atoms with Crippen LogP contribution in [0.25, 0.3) is 0 Å². The first-order valence-corrected chi connectivity index (χ1v) is 11.0. The van der Waals surface area contributed by atoms with Gasteiger partial charge in [0.05, 0.1) is 20.1 Å². The van der Waals surface area contributed by atoms with Gasteiger partial charge in [-0.15, -0.1) is 0 Å². The largest absolute Gasteiger partial charge is 0.456 e. The molecule has 0 bridgehead atoms. The number of quaternary nitrogens is 1. The Balaban J connectivity index is 1.46. The number of nitrogens with two attached hydrogens (primary N) is 1. The van der Waals surface area contributed by atoms with Gasteiger partial charge in [-0.3, -0.25) is 10.3 Å². The molecule has 2 fully saturated rings. The number of rotatable bonds is 5. The van der Waals surface area contributed by atoms with Crippen molar-refractivity contribution in [1.29, 1.82) is 5.41 Å². The van der Waals surface area contributed by atoms with Gasteiger partial charge in [-0.2, -0.15) is 0 Å². The minimum absolute atomic E-state index is 0.0899. The van der Waals surface area contributed by atoms with Crippen LogP contribution in [0.3, 0.4) is 0 Å². The molecule has 0 saturated carbocycles. The fraction of sp³-hybridized carbons (Fsp3) is 0.652. The van der Waals surface area contributed by atoms with E-state index in [2.05, 4.69) is 29.0 Å².